The van der Waals surface area contributed by atoms with Crippen LogP contribution in [0.4, 0.5) is 0 Å². The van der Waals surface area contributed by atoms with Crippen LogP contribution < -0.4 is 0 Å². The summed E-state index contributed by atoms with van der Waals surface area (Å²) in [4.78, 5) is 9.40. The zero-order valence-electron chi connectivity index (χ0n) is 4.70. The minimum absolute atomic E-state index is 0.245. The van der Waals surface area contributed by atoms with E-state index < -0.39 is 0 Å². The van der Waals surface area contributed by atoms with Crippen molar-refractivity contribution in [1.82, 2.24) is 0 Å². The van der Waals surface area contributed by atoms with Gasteiger partial charge < -0.3 is 9.99 Å². The predicted molar refractivity (Wildman–Crippen MR) is 29.4 cm³/mol. The van der Waals surface area contributed by atoms with Gasteiger partial charge in [0, 0.05) is 6.42 Å². The van der Waals surface area contributed by atoms with Gasteiger partial charge >= 0.3 is 0 Å². The van der Waals surface area contributed by atoms with E-state index in [-0.39, 0.29) is 11.9 Å². The molecule has 0 amide bonds. The molecule has 0 spiro atoms. The molecule has 1 heterocycles. The fourth-order valence-corrected chi connectivity index (χ4v) is 0.906. The molecule has 1 fully saturated rings. The lowest BCUT2D eigenvalue weighted by atomic mass is 10.1. The summed E-state index contributed by atoms with van der Waals surface area (Å²) in [5, 5.41) is 9.01. The van der Waals surface area contributed by atoms with Crippen molar-refractivity contribution in [2.75, 3.05) is 0 Å². The summed E-state index contributed by atoms with van der Waals surface area (Å²) >= 11 is 0. The third-order valence-corrected chi connectivity index (χ3v) is 1.43. The fraction of sp³-hybridized carbons (Fsp3) is 0.333. The minimum Gasteiger partial charge on any atom is -0.509 e. The van der Waals surface area contributed by atoms with Gasteiger partial charge in [-0.3, -0.25) is 0 Å². The van der Waals surface area contributed by atoms with Gasteiger partial charge in [-0.1, -0.05) is 0 Å². The summed E-state index contributed by atoms with van der Waals surface area (Å²) in [6.45, 7) is 0. The first-order chi connectivity index (χ1) is 4.36. The van der Waals surface area contributed by atoms with Crippen molar-refractivity contribution in [3.8, 4) is 0 Å². The van der Waals surface area contributed by atoms with Gasteiger partial charge in [0.2, 0.25) is 0 Å². The van der Waals surface area contributed by atoms with E-state index in [4.69, 9.17) is 14.9 Å². The monoisotopic (exact) mass is 126 g/mol. The number of aliphatic hydroxyl groups excluding tert-OH is 1. The van der Waals surface area contributed by atoms with Crippen LogP contribution in [0.15, 0.2) is 23.7 Å². The Morgan fingerprint density at radius 3 is 3.22 bits per heavy atom. The Kier molecular flexibility index (Phi) is 0.818. The van der Waals surface area contributed by atoms with Crippen molar-refractivity contribution in [3.63, 3.8) is 0 Å². The lowest BCUT2D eigenvalue weighted by Crippen LogP contribution is -2.08. The van der Waals surface area contributed by atoms with Gasteiger partial charge in [-0.05, 0) is 12.2 Å². The Morgan fingerprint density at radius 1 is 1.56 bits per heavy atom. The van der Waals surface area contributed by atoms with E-state index in [1.54, 1.807) is 12.2 Å². The molecule has 0 aromatic rings. The zero-order chi connectivity index (χ0) is 6.27. The third-order valence-electron chi connectivity index (χ3n) is 1.43. The molecule has 2 aliphatic rings. The second-order valence-electron chi connectivity index (χ2n) is 2.10. The van der Waals surface area contributed by atoms with E-state index in [0.29, 0.717) is 6.42 Å². The molecule has 1 aliphatic carbocycles. The second-order valence-corrected chi connectivity index (χ2v) is 2.10. The summed E-state index contributed by atoms with van der Waals surface area (Å²) in [6, 6.07) is 0. The van der Waals surface area contributed by atoms with E-state index in [0.717, 1.165) is 5.76 Å². The van der Waals surface area contributed by atoms with Crippen LogP contribution in [0.1, 0.15) is 6.42 Å². The Hall–Kier alpha value is -0.960. The molecule has 1 N–H and O–H groups in total. The molecule has 2 bridgehead atoms. The van der Waals surface area contributed by atoms with Crippen LogP contribution in [0.25, 0.3) is 0 Å². The molecule has 1 atom stereocenters. The molecule has 0 saturated carbocycles. The maximum Gasteiger partial charge on any atom is 0.168 e. The highest BCUT2D eigenvalue weighted by atomic mass is 17.2. The predicted octanol–water partition coefficient (Wildman–Crippen LogP) is 1.05. The maximum absolute atomic E-state index is 9.01. The molecule has 1 saturated heterocycles. The zero-order valence-corrected chi connectivity index (χ0v) is 4.70. The lowest BCUT2D eigenvalue weighted by molar-refractivity contribution is -0.248. The van der Waals surface area contributed by atoms with Crippen LogP contribution in [-0.2, 0) is 9.78 Å². The van der Waals surface area contributed by atoms with Crippen LogP contribution >= 0.6 is 0 Å². The topological polar surface area (TPSA) is 38.7 Å². The second kappa shape index (κ2) is 1.51. The highest BCUT2D eigenvalue weighted by Gasteiger charge is 2.28. The van der Waals surface area contributed by atoms with Gasteiger partial charge in [0.1, 0.15) is 11.5 Å². The summed E-state index contributed by atoms with van der Waals surface area (Å²) < 4.78 is 0. The lowest BCUT2D eigenvalue weighted by Gasteiger charge is -2.02. The Morgan fingerprint density at radius 2 is 2.44 bits per heavy atom. The Balaban J connectivity index is 2.35. The number of allylic oxidation sites excluding steroid dienone is 2. The summed E-state index contributed by atoms with van der Waals surface area (Å²) in [7, 11) is 0. The standard InChI is InChI=1S/C6H6O3/c7-5-2-1-4-3-6(5)9-8-4/h1-2,6-7H,3H2/t6-/m1/s1. The molecule has 48 valence electrons. The number of rotatable bonds is 0. The Labute approximate surface area is 52.1 Å². The average molecular weight is 126 g/mol. The van der Waals surface area contributed by atoms with Crippen LogP contribution in [0.5, 0.6) is 0 Å². The van der Waals surface area contributed by atoms with E-state index in [1.165, 1.54) is 0 Å². The van der Waals surface area contributed by atoms with E-state index in [9.17, 15) is 0 Å². The van der Waals surface area contributed by atoms with Crippen LogP contribution in [0, 0.1) is 0 Å². The first kappa shape index (κ1) is 4.88. The largest absolute Gasteiger partial charge is 0.509 e. The molecule has 2 rings (SSSR count). The van der Waals surface area contributed by atoms with Crippen LogP contribution in [0.2, 0.25) is 0 Å². The molecule has 9 heavy (non-hydrogen) atoms. The smallest absolute Gasteiger partial charge is 0.168 e. The fourth-order valence-electron chi connectivity index (χ4n) is 0.906. The molecule has 0 aromatic carbocycles. The van der Waals surface area contributed by atoms with Gasteiger partial charge in [-0.2, -0.15) is 4.89 Å². The maximum atomic E-state index is 9.01. The van der Waals surface area contributed by atoms with E-state index in [1.807, 2.05) is 0 Å². The van der Waals surface area contributed by atoms with Crippen LogP contribution in [-0.4, -0.2) is 11.2 Å². The molecule has 3 heteroatoms. The number of hydrogen-bond donors (Lipinski definition) is 1. The van der Waals surface area contributed by atoms with E-state index in [2.05, 4.69) is 0 Å². The van der Waals surface area contributed by atoms with Crippen molar-refractivity contribution >= 4 is 0 Å². The molecule has 3 nitrogen and oxygen atoms in total. The number of hydrogen-bond acceptors (Lipinski definition) is 3. The molecule has 0 radical (unpaired) electrons. The van der Waals surface area contributed by atoms with E-state index >= 15 is 0 Å². The molecule has 1 aliphatic heterocycles. The molecule has 0 unspecified atom stereocenters. The van der Waals surface area contributed by atoms with Crippen molar-refractivity contribution in [2.45, 2.75) is 12.5 Å². The highest BCUT2D eigenvalue weighted by Crippen LogP contribution is 2.28. The summed E-state index contributed by atoms with van der Waals surface area (Å²) in [5.41, 5.74) is 0. The molecular formula is C6H6O3. The highest BCUT2D eigenvalue weighted by molar-refractivity contribution is 5.21. The van der Waals surface area contributed by atoms with Crippen molar-refractivity contribution in [2.24, 2.45) is 0 Å². The summed E-state index contributed by atoms with van der Waals surface area (Å²) in [6.07, 6.45) is 3.72. The quantitative estimate of drug-likeness (QED) is 0.493. The molecule has 0 aromatic heterocycles. The van der Waals surface area contributed by atoms with Gasteiger partial charge in [0.15, 0.2) is 6.10 Å². The van der Waals surface area contributed by atoms with Gasteiger partial charge in [-0.15, -0.1) is 0 Å². The first-order valence-corrected chi connectivity index (χ1v) is 2.79. The number of aliphatic hydroxyl groups is 1. The van der Waals surface area contributed by atoms with Crippen molar-refractivity contribution < 1.29 is 14.9 Å². The summed E-state index contributed by atoms with van der Waals surface area (Å²) in [5.74, 6) is 1.04. The normalized spacial score (nSPS) is 30.9. The van der Waals surface area contributed by atoms with Crippen molar-refractivity contribution in [1.29, 1.82) is 0 Å². The number of fused-ring (bicyclic) bond motifs is 2. The Bertz CT molecular complexity index is 186. The third kappa shape index (κ3) is 0.616. The van der Waals surface area contributed by atoms with Gasteiger partial charge in [0.25, 0.3) is 0 Å². The minimum atomic E-state index is -0.245. The SMILES string of the molecule is OC1=CC=C2C[C@H]1OO2. The van der Waals surface area contributed by atoms with Crippen molar-refractivity contribution in [3.05, 3.63) is 23.7 Å². The molecular weight excluding hydrogens is 120 g/mol. The van der Waals surface area contributed by atoms with Crippen LogP contribution in [0.3, 0.4) is 0 Å². The average Bonchev–Trinajstić information content (AvgIpc) is 2.25. The van der Waals surface area contributed by atoms with Gasteiger partial charge in [-0.25, -0.2) is 0 Å². The van der Waals surface area contributed by atoms with Gasteiger partial charge in [0.05, 0.1) is 0 Å². The first-order valence-electron chi connectivity index (χ1n) is 2.79.